The minimum Gasteiger partial charge on any atom is -0.332 e. The molecular formula is C15H13N3O. The van der Waals surface area contributed by atoms with Gasteiger partial charge in [0, 0.05) is 23.9 Å². The van der Waals surface area contributed by atoms with Gasteiger partial charge in [0.25, 0.3) is 0 Å². The molecule has 0 N–H and O–H groups in total. The number of aryl methyl sites for hydroxylation is 2. The molecule has 0 atom stereocenters. The number of hydrogen-bond donors (Lipinski definition) is 0. The molecule has 3 aromatic rings. The average molecular weight is 251 g/mol. The summed E-state index contributed by atoms with van der Waals surface area (Å²) in [7, 11) is 1.95. The van der Waals surface area contributed by atoms with E-state index in [1.807, 2.05) is 42.8 Å². The van der Waals surface area contributed by atoms with Crippen molar-refractivity contribution in [3.8, 4) is 11.1 Å². The summed E-state index contributed by atoms with van der Waals surface area (Å²) in [6.45, 7) is 1.97. The van der Waals surface area contributed by atoms with Gasteiger partial charge < -0.3 is 4.57 Å². The van der Waals surface area contributed by atoms with Crippen molar-refractivity contribution in [3.05, 3.63) is 47.9 Å². The third-order valence-corrected chi connectivity index (χ3v) is 3.26. The number of imidazole rings is 1. The maximum absolute atomic E-state index is 10.7. The van der Waals surface area contributed by atoms with Crippen molar-refractivity contribution in [1.29, 1.82) is 0 Å². The number of aromatic nitrogens is 3. The molecule has 0 bridgehead atoms. The van der Waals surface area contributed by atoms with Gasteiger partial charge in [-0.25, -0.2) is 9.97 Å². The smallest absolute Gasteiger partial charge is 0.177 e. The summed E-state index contributed by atoms with van der Waals surface area (Å²) in [5.41, 5.74) is 5.49. The molecule has 2 heterocycles. The van der Waals surface area contributed by atoms with Crippen molar-refractivity contribution in [2.24, 2.45) is 7.05 Å². The third kappa shape index (κ3) is 1.91. The Morgan fingerprint density at radius 2 is 1.95 bits per heavy atom. The summed E-state index contributed by atoms with van der Waals surface area (Å²) in [6.07, 6.45) is 2.61. The summed E-state index contributed by atoms with van der Waals surface area (Å²) in [6, 6.07) is 9.59. The van der Waals surface area contributed by atoms with Gasteiger partial charge in [0.1, 0.15) is 6.29 Å². The van der Waals surface area contributed by atoms with Crippen LogP contribution in [0.4, 0.5) is 0 Å². The van der Waals surface area contributed by atoms with Crippen LogP contribution >= 0.6 is 0 Å². The van der Waals surface area contributed by atoms with Crippen LogP contribution in [0.1, 0.15) is 16.1 Å². The molecule has 0 fully saturated rings. The lowest BCUT2D eigenvalue weighted by molar-refractivity contribution is 0.112. The highest BCUT2D eigenvalue weighted by molar-refractivity contribution is 5.82. The Balaban J connectivity index is 2.19. The predicted molar refractivity (Wildman–Crippen MR) is 74.1 cm³/mol. The molecule has 4 heteroatoms. The van der Waals surface area contributed by atoms with E-state index in [-0.39, 0.29) is 0 Å². The molecule has 0 unspecified atom stereocenters. The lowest BCUT2D eigenvalue weighted by Gasteiger charge is -2.06. The molecule has 4 nitrogen and oxygen atoms in total. The van der Waals surface area contributed by atoms with Crippen LogP contribution in [0.5, 0.6) is 0 Å². The molecule has 0 aliphatic rings. The number of hydrogen-bond acceptors (Lipinski definition) is 3. The number of nitrogens with zero attached hydrogens (tertiary/aromatic N) is 3. The number of fused-ring (bicyclic) bond motifs is 1. The van der Waals surface area contributed by atoms with Gasteiger partial charge in [0.15, 0.2) is 5.65 Å². The molecule has 0 saturated heterocycles. The van der Waals surface area contributed by atoms with Crippen LogP contribution in [-0.2, 0) is 7.05 Å². The zero-order chi connectivity index (χ0) is 13.4. The Bertz CT molecular complexity index is 757. The molecular weight excluding hydrogens is 238 g/mol. The maximum atomic E-state index is 10.7. The second-order valence-electron chi connectivity index (χ2n) is 4.56. The highest BCUT2D eigenvalue weighted by atomic mass is 16.1. The fourth-order valence-electron chi connectivity index (χ4n) is 2.17. The molecule has 0 aliphatic heterocycles. The third-order valence-electron chi connectivity index (χ3n) is 3.26. The number of carbonyl (C=O) groups excluding carboxylic acids is 1. The van der Waals surface area contributed by atoms with Gasteiger partial charge in [-0.3, -0.25) is 4.79 Å². The van der Waals surface area contributed by atoms with Gasteiger partial charge in [0.05, 0.1) is 11.8 Å². The first-order valence-corrected chi connectivity index (χ1v) is 6.03. The quantitative estimate of drug-likeness (QED) is 0.658. The van der Waals surface area contributed by atoms with Gasteiger partial charge in [-0.1, -0.05) is 24.3 Å². The highest BCUT2D eigenvalue weighted by Gasteiger charge is 2.08. The zero-order valence-electron chi connectivity index (χ0n) is 10.8. The van der Waals surface area contributed by atoms with Crippen molar-refractivity contribution in [3.63, 3.8) is 0 Å². The molecule has 0 amide bonds. The highest BCUT2D eigenvalue weighted by Crippen LogP contribution is 2.25. The fraction of sp³-hybridized carbons (Fsp3) is 0.133. The van der Waals surface area contributed by atoms with Gasteiger partial charge >= 0.3 is 0 Å². The molecule has 19 heavy (non-hydrogen) atoms. The van der Waals surface area contributed by atoms with E-state index in [1.54, 1.807) is 6.33 Å². The van der Waals surface area contributed by atoms with Crippen LogP contribution in [0, 0.1) is 6.92 Å². The fourth-order valence-corrected chi connectivity index (χ4v) is 2.17. The van der Waals surface area contributed by atoms with Crippen LogP contribution in [0.3, 0.4) is 0 Å². The summed E-state index contributed by atoms with van der Waals surface area (Å²) >= 11 is 0. The number of pyridine rings is 1. The number of aldehydes is 1. The summed E-state index contributed by atoms with van der Waals surface area (Å²) in [5.74, 6) is 0. The molecule has 1 aromatic carbocycles. The van der Waals surface area contributed by atoms with Gasteiger partial charge in [-0.05, 0) is 18.6 Å². The van der Waals surface area contributed by atoms with Crippen LogP contribution in [0.2, 0.25) is 0 Å². The second-order valence-corrected chi connectivity index (χ2v) is 4.56. The SMILES string of the molecule is Cc1nc2ncn(C)c2cc1-c1ccc(C=O)cc1. The second kappa shape index (κ2) is 4.31. The van der Waals surface area contributed by atoms with E-state index in [9.17, 15) is 4.79 Å². The topological polar surface area (TPSA) is 47.8 Å². The molecule has 3 rings (SSSR count). The van der Waals surface area contributed by atoms with Crippen LogP contribution in [0.25, 0.3) is 22.3 Å². The van der Waals surface area contributed by atoms with E-state index >= 15 is 0 Å². The van der Waals surface area contributed by atoms with E-state index in [2.05, 4.69) is 16.0 Å². The first-order chi connectivity index (χ1) is 9.19. The van der Waals surface area contributed by atoms with Gasteiger partial charge in [-0.15, -0.1) is 0 Å². The summed E-state index contributed by atoms with van der Waals surface area (Å²) in [5, 5.41) is 0. The molecule has 0 spiro atoms. The maximum Gasteiger partial charge on any atom is 0.177 e. The van der Waals surface area contributed by atoms with Crippen LogP contribution < -0.4 is 0 Å². The van der Waals surface area contributed by atoms with Crippen LogP contribution in [-0.4, -0.2) is 20.8 Å². The lowest BCUT2D eigenvalue weighted by atomic mass is 10.0. The number of benzene rings is 1. The van der Waals surface area contributed by atoms with Crippen molar-refractivity contribution in [1.82, 2.24) is 14.5 Å². The monoisotopic (exact) mass is 251 g/mol. The van der Waals surface area contributed by atoms with E-state index in [0.29, 0.717) is 5.56 Å². The zero-order valence-corrected chi connectivity index (χ0v) is 10.8. The van der Waals surface area contributed by atoms with Crippen molar-refractivity contribution >= 4 is 17.5 Å². The minimum atomic E-state index is 0.677. The Kier molecular flexibility index (Phi) is 2.63. The van der Waals surface area contributed by atoms with E-state index in [4.69, 9.17) is 0 Å². The molecule has 0 radical (unpaired) electrons. The van der Waals surface area contributed by atoms with E-state index in [1.165, 1.54) is 0 Å². The van der Waals surface area contributed by atoms with E-state index in [0.717, 1.165) is 34.3 Å². The average Bonchev–Trinajstić information content (AvgIpc) is 2.79. The first-order valence-electron chi connectivity index (χ1n) is 6.03. The lowest BCUT2D eigenvalue weighted by Crippen LogP contribution is -1.92. The van der Waals surface area contributed by atoms with Gasteiger partial charge in [0.2, 0.25) is 0 Å². The van der Waals surface area contributed by atoms with Crippen molar-refractivity contribution in [2.75, 3.05) is 0 Å². The largest absolute Gasteiger partial charge is 0.332 e. The van der Waals surface area contributed by atoms with Crippen LogP contribution in [0.15, 0.2) is 36.7 Å². The molecule has 2 aromatic heterocycles. The normalized spacial score (nSPS) is 10.8. The van der Waals surface area contributed by atoms with E-state index < -0.39 is 0 Å². The predicted octanol–water partition coefficient (Wildman–Crippen LogP) is 2.76. The summed E-state index contributed by atoms with van der Waals surface area (Å²) in [4.78, 5) is 19.4. The molecule has 0 saturated carbocycles. The van der Waals surface area contributed by atoms with Crippen molar-refractivity contribution < 1.29 is 4.79 Å². The Morgan fingerprint density at radius 3 is 2.63 bits per heavy atom. The first kappa shape index (κ1) is 11.6. The number of rotatable bonds is 2. The summed E-state index contributed by atoms with van der Waals surface area (Å²) < 4.78 is 1.95. The minimum absolute atomic E-state index is 0.677. The standard InChI is InChI=1S/C15H13N3O/c1-10-13(12-5-3-11(8-19)4-6-12)7-14-15(17-10)16-9-18(14)2/h3-9H,1-2H3. The van der Waals surface area contributed by atoms with Gasteiger partial charge in [-0.2, -0.15) is 0 Å². The molecule has 0 aliphatic carbocycles. The van der Waals surface area contributed by atoms with Crippen molar-refractivity contribution in [2.45, 2.75) is 6.92 Å². The number of carbonyl (C=O) groups is 1. The Hall–Kier alpha value is -2.49. The Morgan fingerprint density at radius 1 is 1.21 bits per heavy atom. The molecule has 94 valence electrons. The Labute approximate surface area is 110 Å².